The second-order valence-electron chi connectivity index (χ2n) is 6.86. The highest BCUT2D eigenvalue weighted by Gasteiger charge is 2.18. The van der Waals surface area contributed by atoms with E-state index >= 15 is 0 Å². The average Bonchev–Trinajstić information content (AvgIpc) is 2.52. The Morgan fingerprint density at radius 3 is 2.54 bits per heavy atom. The topological polar surface area (TPSA) is 46.5 Å². The molecule has 2 aromatic rings. The van der Waals surface area contributed by atoms with Crippen LogP contribution >= 0.6 is 12.6 Å². The molecule has 24 heavy (non-hydrogen) atoms. The smallest absolute Gasteiger partial charge is 0.339 e. The molecule has 2 rings (SSSR count). The predicted octanol–water partition coefficient (Wildman–Crippen LogP) is 4.77. The van der Waals surface area contributed by atoms with Crippen LogP contribution in [0.5, 0.6) is 5.75 Å². The van der Waals surface area contributed by atoms with Crippen molar-refractivity contribution in [2.24, 2.45) is 0 Å². The van der Waals surface area contributed by atoms with Crippen LogP contribution in [0.4, 0.5) is 0 Å². The third-order valence-electron chi connectivity index (χ3n) is 3.84. The van der Waals surface area contributed by atoms with Crippen LogP contribution in [0.25, 0.3) is 0 Å². The number of ether oxygens (including phenoxy) is 1. The van der Waals surface area contributed by atoms with Crippen LogP contribution in [-0.2, 0) is 16.6 Å². The Morgan fingerprint density at radius 1 is 1.17 bits per heavy atom. The van der Waals surface area contributed by atoms with Crippen LogP contribution < -0.4 is 0 Å². The maximum atomic E-state index is 12.0. The van der Waals surface area contributed by atoms with Crippen molar-refractivity contribution >= 4 is 18.6 Å². The molecule has 128 valence electrons. The van der Waals surface area contributed by atoms with Gasteiger partial charge in [0.05, 0.1) is 12.2 Å². The minimum atomic E-state index is -0.346. The normalized spacial score (nSPS) is 11.3. The molecular formula is C20H24O3S. The second kappa shape index (κ2) is 7.75. The van der Waals surface area contributed by atoms with Crippen LogP contribution in [0.2, 0.25) is 0 Å². The first-order chi connectivity index (χ1) is 11.3. The zero-order valence-corrected chi connectivity index (χ0v) is 15.3. The molecule has 0 aliphatic heterocycles. The highest BCUT2D eigenvalue weighted by molar-refractivity contribution is 7.80. The van der Waals surface area contributed by atoms with Crippen molar-refractivity contribution in [3.8, 4) is 5.75 Å². The van der Waals surface area contributed by atoms with E-state index in [0.717, 1.165) is 24.0 Å². The van der Waals surface area contributed by atoms with Gasteiger partial charge in [-0.25, -0.2) is 4.79 Å². The van der Waals surface area contributed by atoms with E-state index in [-0.39, 0.29) is 11.4 Å². The maximum Gasteiger partial charge on any atom is 0.339 e. The van der Waals surface area contributed by atoms with Crippen LogP contribution in [0.15, 0.2) is 47.4 Å². The molecule has 0 aromatic heterocycles. The number of benzene rings is 2. The van der Waals surface area contributed by atoms with Crippen molar-refractivity contribution in [2.45, 2.75) is 43.9 Å². The fourth-order valence-electron chi connectivity index (χ4n) is 2.50. The third-order valence-corrected chi connectivity index (χ3v) is 4.23. The van der Waals surface area contributed by atoms with Gasteiger partial charge in [-0.1, -0.05) is 45.0 Å². The first kappa shape index (κ1) is 18.4. The monoisotopic (exact) mass is 344 g/mol. The van der Waals surface area contributed by atoms with Gasteiger partial charge in [0.2, 0.25) is 0 Å². The number of phenols is 1. The van der Waals surface area contributed by atoms with Gasteiger partial charge in [0.25, 0.3) is 0 Å². The Morgan fingerprint density at radius 2 is 1.88 bits per heavy atom. The van der Waals surface area contributed by atoms with E-state index in [0.29, 0.717) is 22.8 Å². The zero-order valence-electron chi connectivity index (χ0n) is 14.4. The molecule has 0 radical (unpaired) electrons. The van der Waals surface area contributed by atoms with Crippen molar-refractivity contribution in [2.75, 3.05) is 6.61 Å². The molecule has 0 fully saturated rings. The van der Waals surface area contributed by atoms with E-state index in [1.807, 2.05) is 18.2 Å². The molecule has 0 heterocycles. The van der Waals surface area contributed by atoms with Gasteiger partial charge in [0.1, 0.15) is 5.75 Å². The number of rotatable bonds is 5. The highest BCUT2D eigenvalue weighted by Crippen LogP contribution is 2.31. The van der Waals surface area contributed by atoms with Gasteiger partial charge < -0.3 is 9.84 Å². The molecular weight excluding hydrogens is 320 g/mol. The minimum Gasteiger partial charge on any atom is -0.508 e. The molecule has 3 nitrogen and oxygen atoms in total. The summed E-state index contributed by atoms with van der Waals surface area (Å²) in [5.74, 6) is -0.0234. The van der Waals surface area contributed by atoms with Gasteiger partial charge in [-0.05, 0) is 47.6 Å². The van der Waals surface area contributed by atoms with Gasteiger partial charge in [-0.3, -0.25) is 0 Å². The standard InChI is InChI=1S/C20H24O3S/c1-20(2,3)16-13-14(10-11-17(16)21)7-6-12-23-19(22)15-8-4-5-9-18(15)24/h4-5,8-11,13,21,24H,6-7,12H2,1-3H3. The van der Waals surface area contributed by atoms with E-state index < -0.39 is 0 Å². The lowest BCUT2D eigenvalue weighted by Crippen LogP contribution is -2.12. The molecule has 0 amide bonds. The number of carbonyl (C=O) groups excluding carboxylic acids is 1. The van der Waals surface area contributed by atoms with Crippen LogP contribution in [0, 0.1) is 0 Å². The third kappa shape index (κ3) is 4.78. The molecule has 1 N–H and O–H groups in total. The van der Waals surface area contributed by atoms with Crippen LogP contribution in [0.3, 0.4) is 0 Å². The number of aromatic hydroxyl groups is 1. The number of hydrogen-bond acceptors (Lipinski definition) is 4. The Hall–Kier alpha value is -1.94. The predicted molar refractivity (Wildman–Crippen MR) is 99.1 cm³/mol. The van der Waals surface area contributed by atoms with Gasteiger partial charge >= 0.3 is 5.97 Å². The summed E-state index contributed by atoms with van der Waals surface area (Å²) < 4.78 is 5.31. The van der Waals surface area contributed by atoms with Crippen molar-refractivity contribution in [3.63, 3.8) is 0 Å². The summed E-state index contributed by atoms with van der Waals surface area (Å²) in [5.41, 5.74) is 2.44. The summed E-state index contributed by atoms with van der Waals surface area (Å²) in [7, 11) is 0. The number of esters is 1. The molecule has 0 saturated carbocycles. The summed E-state index contributed by atoms with van der Waals surface area (Å²) in [6.07, 6.45) is 1.52. The quantitative estimate of drug-likeness (QED) is 0.467. The second-order valence-corrected chi connectivity index (χ2v) is 7.34. The summed E-state index contributed by atoms with van der Waals surface area (Å²) in [6.45, 7) is 6.57. The van der Waals surface area contributed by atoms with E-state index in [2.05, 4.69) is 33.4 Å². The first-order valence-electron chi connectivity index (χ1n) is 8.06. The van der Waals surface area contributed by atoms with E-state index in [1.54, 1.807) is 24.3 Å². The fraction of sp³-hybridized carbons (Fsp3) is 0.350. The van der Waals surface area contributed by atoms with Gasteiger partial charge in [0, 0.05) is 4.90 Å². The van der Waals surface area contributed by atoms with E-state index in [9.17, 15) is 9.90 Å². The molecule has 0 spiro atoms. The Kier molecular flexibility index (Phi) is 5.94. The fourth-order valence-corrected chi connectivity index (χ4v) is 2.76. The van der Waals surface area contributed by atoms with Gasteiger partial charge in [0.15, 0.2) is 0 Å². The van der Waals surface area contributed by atoms with Crippen molar-refractivity contribution in [1.29, 1.82) is 0 Å². The minimum absolute atomic E-state index is 0.108. The summed E-state index contributed by atoms with van der Waals surface area (Å²) >= 11 is 4.26. The molecule has 2 aromatic carbocycles. The number of aryl methyl sites for hydroxylation is 1. The van der Waals surface area contributed by atoms with Crippen LogP contribution in [-0.4, -0.2) is 17.7 Å². The number of thiol groups is 1. The molecule has 0 atom stereocenters. The molecule has 0 unspecified atom stereocenters. The Balaban J connectivity index is 1.89. The summed E-state index contributed by atoms with van der Waals surface area (Å²) in [5, 5.41) is 9.99. The lowest BCUT2D eigenvalue weighted by molar-refractivity contribution is 0.0496. The number of carbonyl (C=O) groups is 1. The van der Waals surface area contributed by atoms with E-state index in [4.69, 9.17) is 4.74 Å². The Labute approximate surface area is 149 Å². The Bertz CT molecular complexity index is 717. The molecule has 4 heteroatoms. The van der Waals surface area contributed by atoms with Crippen molar-refractivity contribution in [1.82, 2.24) is 0 Å². The lowest BCUT2D eigenvalue weighted by Gasteiger charge is -2.21. The number of hydrogen-bond donors (Lipinski definition) is 2. The number of phenolic OH excluding ortho intramolecular Hbond substituents is 1. The molecule has 0 aliphatic rings. The molecule has 0 aliphatic carbocycles. The maximum absolute atomic E-state index is 12.0. The highest BCUT2D eigenvalue weighted by atomic mass is 32.1. The lowest BCUT2D eigenvalue weighted by atomic mass is 9.85. The zero-order chi connectivity index (χ0) is 17.7. The summed E-state index contributed by atoms with van der Waals surface area (Å²) in [4.78, 5) is 12.6. The van der Waals surface area contributed by atoms with Crippen molar-refractivity contribution < 1.29 is 14.6 Å². The first-order valence-corrected chi connectivity index (χ1v) is 8.51. The molecule has 0 bridgehead atoms. The SMILES string of the molecule is CC(C)(C)c1cc(CCCOC(=O)c2ccccc2S)ccc1O. The average molecular weight is 344 g/mol. The van der Waals surface area contributed by atoms with E-state index in [1.165, 1.54) is 0 Å². The largest absolute Gasteiger partial charge is 0.508 e. The van der Waals surface area contributed by atoms with Gasteiger partial charge in [-0.2, -0.15) is 0 Å². The van der Waals surface area contributed by atoms with Gasteiger partial charge in [-0.15, -0.1) is 12.6 Å². The van der Waals surface area contributed by atoms with Crippen molar-refractivity contribution in [3.05, 3.63) is 59.2 Å². The summed E-state index contributed by atoms with van der Waals surface area (Å²) in [6, 6.07) is 12.8. The van der Waals surface area contributed by atoms with Crippen LogP contribution in [0.1, 0.15) is 48.7 Å². The molecule has 0 saturated heterocycles.